The van der Waals surface area contributed by atoms with Crippen molar-refractivity contribution in [1.82, 2.24) is 14.8 Å². The Morgan fingerprint density at radius 3 is 2.63 bits per heavy atom. The molecule has 0 N–H and O–H groups in total. The smallest absolute Gasteiger partial charge is 0.137 e. The van der Waals surface area contributed by atoms with E-state index in [0.29, 0.717) is 12.0 Å². The largest absolute Gasteiger partial charge is 0.495 e. The first-order valence-corrected chi connectivity index (χ1v) is 9.11. The molecule has 0 saturated carbocycles. The Bertz CT molecular complexity index is 758. The van der Waals surface area contributed by atoms with Crippen LogP contribution in [0.25, 0.3) is 0 Å². The van der Waals surface area contributed by atoms with Gasteiger partial charge < -0.3 is 4.74 Å². The lowest BCUT2D eigenvalue weighted by atomic mass is 9.88. The Balaban J connectivity index is 0.00000131. The number of pyridine rings is 1. The molecule has 2 aliphatic rings. The van der Waals surface area contributed by atoms with Crippen molar-refractivity contribution in [2.45, 2.75) is 19.5 Å². The van der Waals surface area contributed by atoms with Crippen LogP contribution in [0.3, 0.4) is 0 Å². The maximum Gasteiger partial charge on any atom is 0.137 e. The zero-order valence-electron chi connectivity index (χ0n) is 16.2. The van der Waals surface area contributed by atoms with E-state index in [-0.39, 0.29) is 24.8 Å². The zero-order valence-corrected chi connectivity index (χ0v) is 17.8. The van der Waals surface area contributed by atoms with Gasteiger partial charge in [-0.15, -0.1) is 24.8 Å². The van der Waals surface area contributed by atoms with Crippen LogP contribution in [0.1, 0.15) is 22.7 Å². The van der Waals surface area contributed by atoms with Gasteiger partial charge in [-0.05, 0) is 48.6 Å². The number of nitrogens with zero attached hydrogens (tertiary/aromatic N) is 3. The lowest BCUT2D eigenvalue weighted by molar-refractivity contribution is 0.224. The Hall–Kier alpha value is -1.33. The molecule has 0 aliphatic carbocycles. The number of hydrogen-bond acceptors (Lipinski definition) is 4. The number of methoxy groups -OCH3 is 1. The fourth-order valence-electron chi connectivity index (χ4n) is 4.79. The highest BCUT2D eigenvalue weighted by Crippen LogP contribution is 2.45. The molecule has 2 aromatic rings. The third-order valence-corrected chi connectivity index (χ3v) is 5.89. The minimum Gasteiger partial charge on any atom is -0.495 e. The second kappa shape index (κ2) is 9.24. The quantitative estimate of drug-likeness (QED) is 0.763. The molecule has 0 spiro atoms. The molecule has 3 atom stereocenters. The van der Waals surface area contributed by atoms with E-state index in [1.54, 1.807) is 13.3 Å². The Labute approximate surface area is 174 Å². The first-order valence-electron chi connectivity index (χ1n) is 9.11. The van der Waals surface area contributed by atoms with Crippen molar-refractivity contribution in [3.63, 3.8) is 0 Å². The predicted molar refractivity (Wildman–Crippen MR) is 114 cm³/mol. The number of aryl methyl sites for hydroxylation is 1. The molecule has 0 radical (unpaired) electrons. The summed E-state index contributed by atoms with van der Waals surface area (Å²) in [6.45, 7) is 6.73. The molecular formula is C21H29Cl2N3O. The summed E-state index contributed by atoms with van der Waals surface area (Å²) in [6, 6.07) is 11.5. The summed E-state index contributed by atoms with van der Waals surface area (Å²) in [4.78, 5) is 9.44. The lowest BCUT2D eigenvalue weighted by Crippen LogP contribution is -2.29. The molecule has 6 heteroatoms. The highest BCUT2D eigenvalue weighted by atomic mass is 35.5. The number of aromatic nitrogens is 1. The molecular weight excluding hydrogens is 381 g/mol. The molecule has 1 aromatic carbocycles. The highest BCUT2D eigenvalue weighted by Gasteiger charge is 2.46. The number of fused-ring (bicyclic) bond motifs is 1. The van der Waals surface area contributed by atoms with Gasteiger partial charge in [0.05, 0.1) is 13.3 Å². The lowest BCUT2D eigenvalue weighted by Gasteiger charge is -2.28. The Morgan fingerprint density at radius 1 is 1.11 bits per heavy atom. The third-order valence-electron chi connectivity index (χ3n) is 5.89. The molecule has 0 unspecified atom stereocenters. The van der Waals surface area contributed by atoms with Gasteiger partial charge in [-0.25, -0.2) is 0 Å². The normalized spacial score (nSPS) is 24.8. The van der Waals surface area contributed by atoms with Gasteiger partial charge >= 0.3 is 0 Å². The number of ether oxygens (including phenoxy) is 1. The van der Waals surface area contributed by atoms with Crippen LogP contribution in [0.4, 0.5) is 0 Å². The van der Waals surface area contributed by atoms with Gasteiger partial charge in [-0.3, -0.25) is 14.8 Å². The fourth-order valence-corrected chi connectivity index (χ4v) is 4.79. The van der Waals surface area contributed by atoms with Crippen molar-refractivity contribution in [3.05, 3.63) is 59.4 Å². The topological polar surface area (TPSA) is 28.6 Å². The summed E-state index contributed by atoms with van der Waals surface area (Å²) in [5, 5.41) is 0. The molecule has 0 amide bonds. The van der Waals surface area contributed by atoms with Gasteiger partial charge in [-0.2, -0.15) is 0 Å². The van der Waals surface area contributed by atoms with Gasteiger partial charge in [0.1, 0.15) is 5.75 Å². The average molecular weight is 410 g/mol. The van der Waals surface area contributed by atoms with Gasteiger partial charge in [0, 0.05) is 38.4 Å². The van der Waals surface area contributed by atoms with Crippen LogP contribution in [0, 0.1) is 18.8 Å². The van der Waals surface area contributed by atoms with Crippen molar-refractivity contribution in [3.8, 4) is 5.75 Å². The van der Waals surface area contributed by atoms with Gasteiger partial charge in [0.15, 0.2) is 0 Å². The molecule has 3 heterocycles. The standard InChI is InChI=1S/C21H27N3O.2ClH/c1-15-6-4-5-7-19(15)21-20-14-24(13-17(20)12-23(21)2)11-16-8-18(25-3)10-22-9-16;;/h4-10,17,20-21H,11-14H2,1-3H3;2*1H/t17-,20+,21+;;/m0../s1. The van der Waals surface area contributed by atoms with Crippen molar-refractivity contribution >= 4 is 24.8 Å². The summed E-state index contributed by atoms with van der Waals surface area (Å²) in [5.41, 5.74) is 4.15. The third kappa shape index (κ3) is 4.40. The summed E-state index contributed by atoms with van der Waals surface area (Å²) in [6.07, 6.45) is 3.73. The fraction of sp³-hybridized carbons (Fsp3) is 0.476. The molecule has 4 rings (SSSR count). The minimum absolute atomic E-state index is 0. The molecule has 2 aliphatic heterocycles. The average Bonchev–Trinajstić information content (AvgIpc) is 3.11. The van der Waals surface area contributed by atoms with Crippen molar-refractivity contribution in [2.24, 2.45) is 11.8 Å². The van der Waals surface area contributed by atoms with Crippen LogP contribution in [-0.2, 0) is 6.54 Å². The van der Waals surface area contributed by atoms with Crippen molar-refractivity contribution in [1.29, 1.82) is 0 Å². The first kappa shape index (κ1) is 22.0. The minimum atomic E-state index is 0. The molecule has 27 heavy (non-hydrogen) atoms. The van der Waals surface area contributed by atoms with E-state index in [1.807, 2.05) is 6.20 Å². The predicted octanol–water partition coefficient (Wildman–Crippen LogP) is 3.98. The monoisotopic (exact) mass is 409 g/mol. The number of likely N-dealkylation sites (tertiary alicyclic amines) is 2. The Kier molecular flexibility index (Phi) is 7.52. The second-order valence-electron chi connectivity index (χ2n) is 7.59. The first-order chi connectivity index (χ1) is 12.2. The second-order valence-corrected chi connectivity index (χ2v) is 7.59. The van der Waals surface area contributed by atoms with Crippen LogP contribution >= 0.6 is 24.8 Å². The number of rotatable bonds is 4. The zero-order chi connectivity index (χ0) is 17.4. The van der Waals surface area contributed by atoms with E-state index in [9.17, 15) is 0 Å². The van der Waals surface area contributed by atoms with Crippen LogP contribution in [0.15, 0.2) is 42.7 Å². The SMILES string of the molecule is COc1cncc(CN2C[C@@H]3CN(C)[C@H](c4ccccc4C)[C@@H]3C2)c1.Cl.Cl. The highest BCUT2D eigenvalue weighted by molar-refractivity contribution is 5.85. The summed E-state index contributed by atoms with van der Waals surface area (Å²) < 4.78 is 5.31. The van der Waals surface area contributed by atoms with Crippen LogP contribution in [0.5, 0.6) is 5.75 Å². The van der Waals surface area contributed by atoms with Crippen molar-refractivity contribution in [2.75, 3.05) is 33.8 Å². The maximum absolute atomic E-state index is 5.31. The van der Waals surface area contributed by atoms with E-state index in [1.165, 1.54) is 29.8 Å². The van der Waals surface area contributed by atoms with E-state index < -0.39 is 0 Å². The number of benzene rings is 1. The summed E-state index contributed by atoms with van der Waals surface area (Å²) >= 11 is 0. The van der Waals surface area contributed by atoms with Gasteiger partial charge in [0.2, 0.25) is 0 Å². The molecule has 2 saturated heterocycles. The molecule has 1 aromatic heterocycles. The van der Waals surface area contributed by atoms with Gasteiger partial charge in [0.25, 0.3) is 0 Å². The number of hydrogen-bond donors (Lipinski definition) is 0. The van der Waals surface area contributed by atoms with Crippen LogP contribution in [0.2, 0.25) is 0 Å². The molecule has 2 fully saturated rings. The number of halogens is 2. The van der Waals surface area contributed by atoms with Crippen LogP contribution in [-0.4, -0.2) is 48.6 Å². The van der Waals surface area contributed by atoms with Crippen LogP contribution < -0.4 is 4.74 Å². The van der Waals surface area contributed by atoms with E-state index in [2.05, 4.69) is 59.1 Å². The van der Waals surface area contributed by atoms with E-state index >= 15 is 0 Å². The van der Waals surface area contributed by atoms with E-state index in [4.69, 9.17) is 4.74 Å². The van der Waals surface area contributed by atoms with Gasteiger partial charge in [-0.1, -0.05) is 24.3 Å². The molecule has 4 nitrogen and oxygen atoms in total. The molecule has 0 bridgehead atoms. The summed E-state index contributed by atoms with van der Waals surface area (Å²) in [7, 11) is 3.98. The molecule has 148 valence electrons. The van der Waals surface area contributed by atoms with Crippen molar-refractivity contribution < 1.29 is 4.74 Å². The Morgan fingerprint density at radius 2 is 1.89 bits per heavy atom. The summed E-state index contributed by atoms with van der Waals surface area (Å²) in [5.74, 6) is 2.31. The van der Waals surface area contributed by atoms with E-state index in [0.717, 1.165) is 24.8 Å². The maximum atomic E-state index is 5.31.